The van der Waals surface area contributed by atoms with Crippen molar-refractivity contribution < 1.29 is 31.9 Å². The summed E-state index contributed by atoms with van der Waals surface area (Å²) in [6, 6.07) is 3.30. The minimum atomic E-state index is -5.13. The van der Waals surface area contributed by atoms with Crippen LogP contribution in [-0.2, 0) is 14.4 Å². The average Bonchev–Trinajstić information content (AvgIpc) is 2.68. The van der Waals surface area contributed by atoms with Gasteiger partial charge in [-0.15, -0.1) is 0 Å². The van der Waals surface area contributed by atoms with Crippen LogP contribution in [0.2, 0.25) is 0 Å². The van der Waals surface area contributed by atoms with Crippen molar-refractivity contribution in [3.8, 4) is 0 Å². The van der Waals surface area contributed by atoms with E-state index < -0.39 is 54.3 Å². The van der Waals surface area contributed by atoms with Crippen molar-refractivity contribution >= 4 is 34.8 Å². The van der Waals surface area contributed by atoms with E-state index in [1.54, 1.807) is 0 Å². The monoisotopic (exact) mass is 474 g/mol. The number of hydrogen-bond acceptors (Lipinski definition) is 5. The summed E-state index contributed by atoms with van der Waals surface area (Å²) < 4.78 is 52.0. The van der Waals surface area contributed by atoms with Crippen molar-refractivity contribution in [1.29, 1.82) is 0 Å². The van der Waals surface area contributed by atoms with Crippen molar-refractivity contribution in [2.45, 2.75) is 39.2 Å². The summed E-state index contributed by atoms with van der Waals surface area (Å²) in [5.41, 5.74) is 0.434. The van der Waals surface area contributed by atoms with Gasteiger partial charge in [0.25, 0.3) is 11.7 Å². The first-order chi connectivity index (χ1) is 14.8. The molecule has 1 aromatic rings. The number of rotatable bonds is 7. The highest BCUT2D eigenvalue weighted by molar-refractivity contribution is 7.80. The molecule has 2 rings (SSSR count). The Morgan fingerprint density at radius 1 is 1.22 bits per heavy atom. The van der Waals surface area contributed by atoms with E-state index in [0.29, 0.717) is 5.56 Å². The fraction of sp³-hybridized carbons (Fsp3) is 0.400. The quantitative estimate of drug-likeness (QED) is 0.415. The average molecular weight is 474 g/mol. The number of ketones is 1. The molecule has 0 aromatic heterocycles. The number of thiocarbonyl (C=S) groups is 1. The van der Waals surface area contributed by atoms with Gasteiger partial charge in [-0.05, 0) is 30.5 Å². The molecule has 0 bridgehead atoms. The van der Waals surface area contributed by atoms with Crippen LogP contribution in [0.4, 0.5) is 17.6 Å². The lowest BCUT2D eigenvalue weighted by Gasteiger charge is -2.36. The highest BCUT2D eigenvalue weighted by Gasteiger charge is 2.45. The molecule has 3 N–H and O–H groups in total. The van der Waals surface area contributed by atoms with Crippen molar-refractivity contribution in [1.82, 2.24) is 20.9 Å². The molecule has 7 nitrogen and oxygen atoms in total. The van der Waals surface area contributed by atoms with Gasteiger partial charge in [0.05, 0.1) is 11.0 Å². The SMILES string of the molecule is CC(=S)NC1=CNC(c2ccc(F)cc2)N(CC(=O)NC(C(=O)C(F)(F)F)C(C)C)C1=O. The molecule has 2 atom stereocenters. The molecule has 12 heteroatoms. The van der Waals surface area contributed by atoms with Gasteiger partial charge in [0.1, 0.15) is 24.2 Å². The summed E-state index contributed by atoms with van der Waals surface area (Å²) >= 11 is 4.93. The second-order valence-corrected chi connectivity index (χ2v) is 8.06. The molecule has 1 heterocycles. The maximum Gasteiger partial charge on any atom is 0.452 e. The molecule has 0 fully saturated rings. The molecule has 0 saturated heterocycles. The third-order valence-electron chi connectivity index (χ3n) is 4.54. The van der Waals surface area contributed by atoms with Gasteiger partial charge in [-0.25, -0.2) is 4.39 Å². The van der Waals surface area contributed by atoms with Crippen LogP contribution in [0.15, 0.2) is 36.2 Å². The number of nitrogens with zero attached hydrogens (tertiary/aromatic N) is 1. The van der Waals surface area contributed by atoms with E-state index in [0.717, 1.165) is 17.0 Å². The number of halogens is 4. The van der Waals surface area contributed by atoms with Crippen LogP contribution in [0.25, 0.3) is 0 Å². The first kappa shape index (κ1) is 25.2. The lowest BCUT2D eigenvalue weighted by molar-refractivity contribution is -0.175. The number of amides is 2. The molecule has 0 spiro atoms. The van der Waals surface area contributed by atoms with Gasteiger partial charge < -0.3 is 20.9 Å². The predicted molar refractivity (Wildman–Crippen MR) is 111 cm³/mol. The number of benzene rings is 1. The smallest absolute Gasteiger partial charge is 0.365 e. The summed E-state index contributed by atoms with van der Waals surface area (Å²) in [7, 11) is 0. The van der Waals surface area contributed by atoms with Crippen LogP contribution in [0, 0.1) is 11.7 Å². The van der Waals surface area contributed by atoms with Crippen molar-refractivity contribution in [2.24, 2.45) is 5.92 Å². The van der Waals surface area contributed by atoms with Crippen molar-refractivity contribution in [3.05, 3.63) is 47.5 Å². The molecule has 0 saturated carbocycles. The second-order valence-electron chi connectivity index (χ2n) is 7.44. The van der Waals surface area contributed by atoms with E-state index in [-0.39, 0.29) is 10.7 Å². The Morgan fingerprint density at radius 3 is 2.31 bits per heavy atom. The van der Waals surface area contributed by atoms with Crippen LogP contribution >= 0.6 is 12.2 Å². The maximum absolute atomic E-state index is 13.3. The molecule has 174 valence electrons. The summed E-state index contributed by atoms with van der Waals surface area (Å²) in [5.74, 6) is -5.08. The first-order valence-corrected chi connectivity index (χ1v) is 9.92. The predicted octanol–water partition coefficient (Wildman–Crippen LogP) is 2.31. The highest BCUT2D eigenvalue weighted by Crippen LogP contribution is 2.24. The normalized spacial score (nSPS) is 17.4. The lowest BCUT2D eigenvalue weighted by atomic mass is 9.99. The van der Waals surface area contributed by atoms with E-state index in [2.05, 4.69) is 16.0 Å². The molecule has 32 heavy (non-hydrogen) atoms. The van der Waals surface area contributed by atoms with E-state index >= 15 is 0 Å². The zero-order valence-electron chi connectivity index (χ0n) is 17.4. The minimum absolute atomic E-state index is 0.00967. The van der Waals surface area contributed by atoms with Gasteiger partial charge in [0.15, 0.2) is 0 Å². The Labute approximate surface area is 187 Å². The van der Waals surface area contributed by atoms with Crippen LogP contribution in [-0.4, -0.2) is 46.2 Å². The number of Topliss-reactive ketones (excluding diaryl/α,β-unsaturated/α-hetero) is 1. The Kier molecular flexibility index (Phi) is 7.94. The van der Waals surface area contributed by atoms with E-state index in [1.807, 2.05) is 0 Å². The second kappa shape index (κ2) is 10.1. The van der Waals surface area contributed by atoms with Crippen LogP contribution < -0.4 is 16.0 Å². The Morgan fingerprint density at radius 2 is 1.81 bits per heavy atom. The summed E-state index contributed by atoms with van der Waals surface area (Å²) in [6.07, 6.45) is -4.71. The lowest BCUT2D eigenvalue weighted by Crippen LogP contribution is -2.55. The third-order valence-corrected chi connectivity index (χ3v) is 4.65. The Bertz CT molecular complexity index is 932. The van der Waals surface area contributed by atoms with Crippen LogP contribution in [0.1, 0.15) is 32.5 Å². The van der Waals surface area contributed by atoms with E-state index in [9.17, 15) is 31.9 Å². The molecule has 1 aliphatic rings. The van der Waals surface area contributed by atoms with Gasteiger partial charge >= 0.3 is 6.18 Å². The Balaban J connectivity index is 2.30. The van der Waals surface area contributed by atoms with Gasteiger partial charge in [-0.1, -0.05) is 38.2 Å². The molecule has 0 radical (unpaired) electrons. The van der Waals surface area contributed by atoms with Crippen molar-refractivity contribution in [2.75, 3.05) is 6.54 Å². The summed E-state index contributed by atoms with van der Waals surface area (Å²) in [4.78, 5) is 38.5. The first-order valence-electron chi connectivity index (χ1n) is 9.52. The summed E-state index contributed by atoms with van der Waals surface area (Å²) in [5, 5.41) is 7.62. The van der Waals surface area contributed by atoms with Crippen molar-refractivity contribution in [3.63, 3.8) is 0 Å². The number of carbonyl (C=O) groups excluding carboxylic acids is 3. The van der Waals surface area contributed by atoms with Gasteiger partial charge in [0, 0.05) is 6.20 Å². The maximum atomic E-state index is 13.3. The number of alkyl halides is 3. The largest absolute Gasteiger partial charge is 0.452 e. The van der Waals surface area contributed by atoms with E-state index in [4.69, 9.17) is 12.2 Å². The highest BCUT2D eigenvalue weighted by atomic mass is 32.1. The number of hydrogen-bond donors (Lipinski definition) is 3. The van der Waals surface area contributed by atoms with Gasteiger partial charge in [-0.2, -0.15) is 13.2 Å². The number of nitrogens with one attached hydrogen (secondary N) is 3. The fourth-order valence-corrected chi connectivity index (χ4v) is 3.14. The van der Waals surface area contributed by atoms with Gasteiger partial charge in [-0.3, -0.25) is 14.4 Å². The summed E-state index contributed by atoms with van der Waals surface area (Å²) in [6.45, 7) is 3.58. The minimum Gasteiger partial charge on any atom is -0.365 e. The van der Waals surface area contributed by atoms with Crippen LogP contribution in [0.5, 0.6) is 0 Å². The zero-order chi connectivity index (χ0) is 24.2. The number of carbonyl (C=O) groups is 3. The molecular formula is C20H22F4N4O3S. The van der Waals surface area contributed by atoms with Crippen LogP contribution in [0.3, 0.4) is 0 Å². The molecule has 2 amide bonds. The molecule has 2 unspecified atom stereocenters. The topological polar surface area (TPSA) is 90.5 Å². The zero-order valence-corrected chi connectivity index (χ0v) is 18.2. The molecule has 1 aliphatic heterocycles. The third kappa shape index (κ3) is 6.25. The molecule has 0 aliphatic carbocycles. The standard InChI is InChI=1S/C20H22F4N4O3S/c1-10(2)16(17(30)20(22,23)24)27-15(29)9-28-18(12-4-6-13(21)7-5-12)25-8-14(19(28)31)26-11(3)32/h4-8,10,16,18,25H,9H2,1-3H3,(H,26,32)(H,27,29). The molecular weight excluding hydrogens is 452 g/mol. The fourth-order valence-electron chi connectivity index (χ4n) is 3.03. The molecule has 1 aromatic carbocycles. The Hall–Kier alpha value is -3.02. The van der Waals surface area contributed by atoms with Gasteiger partial charge in [0.2, 0.25) is 5.91 Å². The van der Waals surface area contributed by atoms with E-state index in [1.165, 1.54) is 39.1 Å².